The van der Waals surface area contributed by atoms with Crippen LogP contribution in [0.5, 0.6) is 0 Å². The second kappa shape index (κ2) is 5.87. The molecule has 18 heavy (non-hydrogen) atoms. The average molecular weight is 249 g/mol. The minimum absolute atomic E-state index is 0.316. The Hall–Kier alpha value is -0.830. The molecule has 0 spiro atoms. The third-order valence-electron chi connectivity index (χ3n) is 4.30. The zero-order chi connectivity index (χ0) is 13.1. The first-order chi connectivity index (χ1) is 8.67. The number of nitrogens with zero attached hydrogens (tertiary/aromatic N) is 2. The van der Waals surface area contributed by atoms with Crippen LogP contribution in [0, 0.1) is 0 Å². The molecule has 1 heterocycles. The Morgan fingerprint density at radius 3 is 2.89 bits per heavy atom. The highest BCUT2D eigenvalue weighted by Gasteiger charge is 2.24. The maximum absolute atomic E-state index is 6.05. The summed E-state index contributed by atoms with van der Waals surface area (Å²) >= 11 is 0. The third-order valence-corrected chi connectivity index (χ3v) is 4.30. The van der Waals surface area contributed by atoms with Crippen molar-refractivity contribution in [1.29, 1.82) is 0 Å². The van der Waals surface area contributed by atoms with E-state index in [4.69, 9.17) is 10.7 Å². The summed E-state index contributed by atoms with van der Waals surface area (Å²) in [5.41, 5.74) is 8.75. The van der Waals surface area contributed by atoms with E-state index in [1.807, 2.05) is 0 Å². The van der Waals surface area contributed by atoms with E-state index in [-0.39, 0.29) is 0 Å². The number of hydrogen-bond acceptors (Lipinski definition) is 2. The molecule has 2 atom stereocenters. The van der Waals surface area contributed by atoms with E-state index in [0.717, 1.165) is 19.3 Å². The molecule has 1 aliphatic carbocycles. The summed E-state index contributed by atoms with van der Waals surface area (Å²) in [6.07, 6.45) is 8.20. The molecule has 0 fully saturated rings. The summed E-state index contributed by atoms with van der Waals surface area (Å²) in [4.78, 5) is 4.91. The molecule has 0 aromatic carbocycles. The van der Waals surface area contributed by atoms with Crippen LogP contribution in [0.1, 0.15) is 69.1 Å². The Morgan fingerprint density at radius 1 is 1.44 bits per heavy atom. The normalized spacial score (nSPS) is 20.8. The van der Waals surface area contributed by atoms with Crippen LogP contribution in [0.25, 0.3) is 0 Å². The van der Waals surface area contributed by atoms with Crippen LogP contribution < -0.4 is 5.73 Å². The van der Waals surface area contributed by atoms with Gasteiger partial charge in [-0.2, -0.15) is 0 Å². The first-order valence-electron chi connectivity index (χ1n) is 7.47. The fourth-order valence-electron chi connectivity index (χ4n) is 3.09. The van der Waals surface area contributed by atoms with Crippen molar-refractivity contribution in [2.24, 2.45) is 12.8 Å². The number of nitrogens with two attached hydrogens (primary N) is 1. The number of rotatable bonds is 5. The molecule has 0 radical (unpaired) electrons. The van der Waals surface area contributed by atoms with Crippen molar-refractivity contribution in [3.8, 4) is 0 Å². The van der Waals surface area contributed by atoms with Crippen molar-refractivity contribution < 1.29 is 0 Å². The molecule has 0 bridgehead atoms. The summed E-state index contributed by atoms with van der Waals surface area (Å²) in [5, 5.41) is 0. The highest BCUT2D eigenvalue weighted by atomic mass is 15.1. The molecule has 1 aromatic heterocycles. The molecule has 3 nitrogen and oxygen atoms in total. The smallest absolute Gasteiger partial charge is 0.112 e. The van der Waals surface area contributed by atoms with Gasteiger partial charge in [-0.25, -0.2) is 4.98 Å². The summed E-state index contributed by atoms with van der Waals surface area (Å²) in [6, 6.07) is 0.316. The van der Waals surface area contributed by atoms with Gasteiger partial charge in [0.15, 0.2) is 0 Å². The average Bonchev–Trinajstić information content (AvgIpc) is 2.67. The molecule has 2 N–H and O–H groups in total. The summed E-state index contributed by atoms with van der Waals surface area (Å²) < 4.78 is 2.35. The predicted octanol–water partition coefficient (Wildman–Crippen LogP) is 2.92. The van der Waals surface area contributed by atoms with Crippen LogP contribution in [-0.2, 0) is 19.9 Å². The van der Waals surface area contributed by atoms with E-state index >= 15 is 0 Å². The first-order valence-corrected chi connectivity index (χ1v) is 7.47. The molecule has 0 aliphatic heterocycles. The molecule has 3 heteroatoms. The first kappa shape index (κ1) is 13.6. The second-order valence-corrected chi connectivity index (χ2v) is 5.67. The molecule has 2 unspecified atom stereocenters. The van der Waals surface area contributed by atoms with Gasteiger partial charge in [0.05, 0.1) is 5.69 Å². The van der Waals surface area contributed by atoms with E-state index in [9.17, 15) is 0 Å². The fourth-order valence-corrected chi connectivity index (χ4v) is 3.09. The quantitative estimate of drug-likeness (QED) is 0.872. The van der Waals surface area contributed by atoms with Gasteiger partial charge in [-0.1, -0.05) is 26.7 Å². The van der Waals surface area contributed by atoms with Crippen molar-refractivity contribution in [2.45, 2.75) is 70.8 Å². The molecule has 0 saturated heterocycles. The fraction of sp³-hybridized carbons (Fsp3) is 0.800. The van der Waals surface area contributed by atoms with Crippen molar-refractivity contribution in [3.63, 3.8) is 0 Å². The van der Waals surface area contributed by atoms with E-state index < -0.39 is 0 Å². The van der Waals surface area contributed by atoms with Crippen molar-refractivity contribution in [3.05, 3.63) is 17.2 Å². The molecule has 1 aliphatic rings. The minimum Gasteiger partial charge on any atom is -0.335 e. The number of fused-ring (bicyclic) bond motifs is 1. The second-order valence-electron chi connectivity index (χ2n) is 5.67. The molecule has 0 amide bonds. The predicted molar refractivity (Wildman–Crippen MR) is 75.8 cm³/mol. The molecule has 0 saturated carbocycles. The van der Waals surface area contributed by atoms with Crippen molar-refractivity contribution in [1.82, 2.24) is 9.55 Å². The summed E-state index contributed by atoms with van der Waals surface area (Å²) in [7, 11) is 2.19. The molecule has 102 valence electrons. The third kappa shape index (κ3) is 2.61. The Kier molecular flexibility index (Phi) is 4.44. The number of aromatic nitrogens is 2. The highest BCUT2D eigenvalue weighted by Crippen LogP contribution is 2.29. The van der Waals surface area contributed by atoms with Crippen molar-refractivity contribution >= 4 is 0 Å². The number of unbranched alkanes of at least 4 members (excludes halogenated alkanes) is 1. The van der Waals surface area contributed by atoms with Crippen molar-refractivity contribution in [2.75, 3.05) is 0 Å². The molecule has 2 rings (SSSR count). The molecule has 1 aromatic rings. The number of hydrogen-bond donors (Lipinski definition) is 1. The topological polar surface area (TPSA) is 43.8 Å². The van der Waals surface area contributed by atoms with Crippen LogP contribution in [0.15, 0.2) is 0 Å². The van der Waals surface area contributed by atoms with Gasteiger partial charge in [0.2, 0.25) is 0 Å². The lowest BCUT2D eigenvalue weighted by atomic mass is 9.97. The SMILES string of the molecule is CCCCC(CC)c1nc2c(n1C)CCC(N)C2. The van der Waals surface area contributed by atoms with Gasteiger partial charge in [-0.3, -0.25) is 0 Å². The van der Waals surface area contributed by atoms with Crippen LogP contribution in [0.3, 0.4) is 0 Å². The lowest BCUT2D eigenvalue weighted by Gasteiger charge is -2.18. The molecular formula is C15H27N3. The van der Waals surface area contributed by atoms with E-state index in [2.05, 4.69) is 25.5 Å². The highest BCUT2D eigenvalue weighted by molar-refractivity contribution is 5.23. The Balaban J connectivity index is 2.22. The zero-order valence-corrected chi connectivity index (χ0v) is 12.1. The van der Waals surface area contributed by atoms with Crippen LogP contribution in [0.2, 0.25) is 0 Å². The minimum atomic E-state index is 0.316. The Labute approximate surface area is 111 Å². The van der Waals surface area contributed by atoms with E-state index in [0.29, 0.717) is 12.0 Å². The standard InChI is InChI=1S/C15H27N3/c1-4-6-7-11(5-2)15-17-13-10-12(16)8-9-14(13)18(15)3/h11-12H,4-10,16H2,1-3H3. The van der Waals surface area contributed by atoms with Gasteiger partial charge in [0.1, 0.15) is 5.82 Å². The maximum Gasteiger partial charge on any atom is 0.112 e. The van der Waals surface area contributed by atoms with Gasteiger partial charge in [0, 0.05) is 31.1 Å². The van der Waals surface area contributed by atoms with Gasteiger partial charge < -0.3 is 10.3 Å². The Bertz CT molecular complexity index is 395. The molecular weight excluding hydrogens is 222 g/mol. The van der Waals surface area contributed by atoms with Gasteiger partial charge in [-0.15, -0.1) is 0 Å². The van der Waals surface area contributed by atoms with Gasteiger partial charge in [0.25, 0.3) is 0 Å². The lowest BCUT2D eigenvalue weighted by Crippen LogP contribution is -2.28. The number of imidazole rings is 1. The van der Waals surface area contributed by atoms with Gasteiger partial charge >= 0.3 is 0 Å². The summed E-state index contributed by atoms with van der Waals surface area (Å²) in [6.45, 7) is 4.54. The summed E-state index contributed by atoms with van der Waals surface area (Å²) in [5.74, 6) is 1.92. The Morgan fingerprint density at radius 2 is 2.22 bits per heavy atom. The van der Waals surface area contributed by atoms with Crippen LogP contribution in [0.4, 0.5) is 0 Å². The van der Waals surface area contributed by atoms with E-state index in [1.165, 1.54) is 42.9 Å². The van der Waals surface area contributed by atoms with Crippen LogP contribution >= 0.6 is 0 Å². The monoisotopic (exact) mass is 249 g/mol. The zero-order valence-electron chi connectivity index (χ0n) is 12.1. The van der Waals surface area contributed by atoms with Crippen LogP contribution in [-0.4, -0.2) is 15.6 Å². The lowest BCUT2D eigenvalue weighted by molar-refractivity contribution is 0.521. The van der Waals surface area contributed by atoms with Gasteiger partial charge in [-0.05, 0) is 25.7 Å². The largest absolute Gasteiger partial charge is 0.335 e. The van der Waals surface area contributed by atoms with E-state index in [1.54, 1.807) is 0 Å². The maximum atomic E-state index is 6.05.